The molecule has 0 amide bonds. The van der Waals surface area contributed by atoms with Gasteiger partial charge in [0, 0.05) is 19.3 Å². The van der Waals surface area contributed by atoms with Crippen LogP contribution in [0.3, 0.4) is 0 Å². The number of nitrogens with one attached hydrogen (secondary N) is 1. The fraction of sp³-hybridized carbons (Fsp3) is 0.333. The predicted molar refractivity (Wildman–Crippen MR) is 107 cm³/mol. The molecule has 0 saturated carbocycles. The fourth-order valence-electron chi connectivity index (χ4n) is 2.29. The van der Waals surface area contributed by atoms with Gasteiger partial charge in [-0.05, 0) is 37.6 Å². The first-order valence-electron chi connectivity index (χ1n) is 8.99. The Hall–Kier alpha value is -2.90. The van der Waals surface area contributed by atoms with Crippen molar-refractivity contribution in [1.82, 2.24) is 5.32 Å². The van der Waals surface area contributed by atoms with Gasteiger partial charge in [-0.15, -0.1) is 0 Å². The number of carboxylic acids is 2. The monoisotopic (exact) mass is 389 g/mol. The van der Waals surface area contributed by atoms with Gasteiger partial charge in [-0.3, -0.25) is 0 Å². The second kappa shape index (κ2) is 14.2. The molecule has 0 unspecified atom stereocenters. The van der Waals surface area contributed by atoms with E-state index >= 15 is 0 Å². The second-order valence-electron chi connectivity index (χ2n) is 5.77. The third-order valence-corrected chi connectivity index (χ3v) is 3.61. The summed E-state index contributed by atoms with van der Waals surface area (Å²) in [6.45, 7) is 3.50. The lowest BCUT2D eigenvalue weighted by Crippen LogP contribution is -2.19. The number of hydrogen-bond donors (Lipinski definition) is 3. The zero-order valence-electron chi connectivity index (χ0n) is 16.0. The van der Waals surface area contributed by atoms with Crippen LogP contribution in [-0.2, 0) is 14.3 Å². The molecule has 3 N–H and O–H groups in total. The lowest BCUT2D eigenvalue weighted by atomic mass is 10.1. The van der Waals surface area contributed by atoms with Gasteiger partial charge in [0.1, 0.15) is 5.75 Å². The van der Waals surface area contributed by atoms with Crippen LogP contribution in [0.1, 0.15) is 12.8 Å². The molecular formula is C21H27NO6. The zero-order valence-corrected chi connectivity index (χ0v) is 16.0. The van der Waals surface area contributed by atoms with Crippen LogP contribution in [0.15, 0.2) is 54.6 Å². The van der Waals surface area contributed by atoms with E-state index in [4.69, 9.17) is 29.3 Å². The van der Waals surface area contributed by atoms with Crippen LogP contribution in [0.4, 0.5) is 0 Å². The Labute approximate surface area is 164 Å². The topological polar surface area (TPSA) is 105 Å². The standard InChI is InChI=1S/C19H25NO2.C2H2O4/c1-21-15-7-13-20-14-8-16-22-19-12-6-5-11-18(19)17-9-3-2-4-10-17;3-1(4)2(5)6/h2-6,9-12,20H,7-8,13-16H2,1H3;(H,3,4)(H,5,6). The van der Waals surface area contributed by atoms with Crippen LogP contribution in [0.5, 0.6) is 5.75 Å². The van der Waals surface area contributed by atoms with Crippen molar-refractivity contribution in [3.8, 4) is 16.9 Å². The van der Waals surface area contributed by atoms with Crippen molar-refractivity contribution in [2.45, 2.75) is 12.8 Å². The molecule has 0 aromatic heterocycles. The van der Waals surface area contributed by atoms with E-state index in [1.54, 1.807) is 7.11 Å². The Kier molecular flexibility index (Phi) is 11.7. The maximum Gasteiger partial charge on any atom is 0.414 e. The normalized spacial score (nSPS) is 9.89. The number of carboxylic acid groups (broad SMARTS) is 2. The highest BCUT2D eigenvalue weighted by molar-refractivity contribution is 6.27. The maximum atomic E-state index is 9.10. The van der Waals surface area contributed by atoms with Gasteiger partial charge in [0.15, 0.2) is 0 Å². The summed E-state index contributed by atoms with van der Waals surface area (Å²) >= 11 is 0. The van der Waals surface area contributed by atoms with Crippen LogP contribution in [0.25, 0.3) is 11.1 Å². The predicted octanol–water partition coefficient (Wildman–Crippen LogP) is 2.90. The molecule has 0 radical (unpaired) electrons. The highest BCUT2D eigenvalue weighted by atomic mass is 16.5. The third-order valence-electron chi connectivity index (χ3n) is 3.61. The van der Waals surface area contributed by atoms with Crippen molar-refractivity contribution in [3.63, 3.8) is 0 Å². The van der Waals surface area contributed by atoms with Crippen LogP contribution >= 0.6 is 0 Å². The van der Waals surface area contributed by atoms with E-state index in [9.17, 15) is 0 Å². The van der Waals surface area contributed by atoms with Crippen molar-refractivity contribution in [2.75, 3.05) is 33.4 Å². The highest BCUT2D eigenvalue weighted by Gasteiger charge is 2.05. The molecule has 7 heteroatoms. The molecule has 0 bridgehead atoms. The first-order chi connectivity index (χ1) is 13.6. The number of aliphatic carboxylic acids is 2. The van der Waals surface area contributed by atoms with Gasteiger partial charge in [0.25, 0.3) is 0 Å². The van der Waals surface area contributed by atoms with Crippen molar-refractivity contribution in [1.29, 1.82) is 0 Å². The van der Waals surface area contributed by atoms with E-state index < -0.39 is 11.9 Å². The summed E-state index contributed by atoms with van der Waals surface area (Å²) in [6, 6.07) is 18.6. The summed E-state index contributed by atoms with van der Waals surface area (Å²) in [4.78, 5) is 18.2. The third kappa shape index (κ3) is 9.70. The molecule has 7 nitrogen and oxygen atoms in total. The van der Waals surface area contributed by atoms with Gasteiger partial charge >= 0.3 is 11.9 Å². The van der Waals surface area contributed by atoms with Crippen molar-refractivity contribution in [2.24, 2.45) is 0 Å². The van der Waals surface area contributed by atoms with E-state index in [-0.39, 0.29) is 0 Å². The van der Waals surface area contributed by atoms with Gasteiger partial charge in [-0.1, -0.05) is 48.5 Å². The summed E-state index contributed by atoms with van der Waals surface area (Å²) in [7, 11) is 1.73. The number of carbonyl (C=O) groups is 2. The fourth-order valence-corrected chi connectivity index (χ4v) is 2.29. The smallest absolute Gasteiger partial charge is 0.414 e. The second-order valence-corrected chi connectivity index (χ2v) is 5.77. The van der Waals surface area contributed by atoms with E-state index in [1.807, 2.05) is 24.3 Å². The molecule has 0 aliphatic carbocycles. The minimum absolute atomic E-state index is 0.723. The summed E-state index contributed by atoms with van der Waals surface area (Å²) < 4.78 is 11.0. The van der Waals surface area contributed by atoms with Crippen molar-refractivity contribution in [3.05, 3.63) is 54.6 Å². The lowest BCUT2D eigenvalue weighted by molar-refractivity contribution is -0.159. The van der Waals surface area contributed by atoms with Gasteiger partial charge in [0.05, 0.1) is 6.61 Å². The van der Waals surface area contributed by atoms with Crippen LogP contribution in [0.2, 0.25) is 0 Å². The summed E-state index contributed by atoms with van der Waals surface area (Å²) in [5.74, 6) is -2.70. The molecule has 0 aliphatic heterocycles. The molecule has 0 atom stereocenters. The molecule has 0 fully saturated rings. The Morgan fingerprint density at radius 1 is 0.857 bits per heavy atom. The molecule has 0 aliphatic rings. The van der Waals surface area contributed by atoms with E-state index in [0.29, 0.717) is 0 Å². The molecule has 0 heterocycles. The van der Waals surface area contributed by atoms with E-state index in [2.05, 4.69) is 35.6 Å². The SMILES string of the molecule is COCCCNCCCOc1ccccc1-c1ccccc1.O=C(O)C(=O)O. The van der Waals surface area contributed by atoms with Crippen LogP contribution < -0.4 is 10.1 Å². The zero-order chi connectivity index (χ0) is 20.6. The molecule has 0 spiro atoms. The quantitative estimate of drug-likeness (QED) is 0.424. The summed E-state index contributed by atoms with van der Waals surface area (Å²) in [5.41, 5.74) is 2.34. The molecule has 2 rings (SSSR count). The van der Waals surface area contributed by atoms with E-state index in [1.165, 1.54) is 5.56 Å². The van der Waals surface area contributed by atoms with Gasteiger partial charge in [-0.2, -0.15) is 0 Å². The number of para-hydroxylation sites is 1. The molecule has 152 valence electrons. The molecule has 2 aromatic carbocycles. The number of rotatable bonds is 10. The minimum Gasteiger partial charge on any atom is -0.493 e. The first kappa shape index (κ1) is 23.1. The number of benzene rings is 2. The van der Waals surface area contributed by atoms with Crippen molar-refractivity contribution < 1.29 is 29.3 Å². The van der Waals surface area contributed by atoms with Gasteiger partial charge in [0.2, 0.25) is 0 Å². The number of ether oxygens (including phenoxy) is 2. The maximum absolute atomic E-state index is 9.10. The Morgan fingerprint density at radius 2 is 1.43 bits per heavy atom. The Bertz CT molecular complexity index is 693. The first-order valence-corrected chi connectivity index (χ1v) is 8.99. The molecule has 0 saturated heterocycles. The largest absolute Gasteiger partial charge is 0.493 e. The average Bonchev–Trinajstić information content (AvgIpc) is 2.71. The molecule has 2 aromatic rings. The summed E-state index contributed by atoms with van der Waals surface area (Å²) in [6.07, 6.45) is 2.05. The van der Waals surface area contributed by atoms with Crippen LogP contribution in [-0.4, -0.2) is 55.6 Å². The molecular weight excluding hydrogens is 362 g/mol. The van der Waals surface area contributed by atoms with Gasteiger partial charge in [-0.25, -0.2) is 9.59 Å². The lowest BCUT2D eigenvalue weighted by Gasteiger charge is -2.12. The Balaban J connectivity index is 0.000000568. The minimum atomic E-state index is -1.82. The average molecular weight is 389 g/mol. The highest BCUT2D eigenvalue weighted by Crippen LogP contribution is 2.29. The van der Waals surface area contributed by atoms with Gasteiger partial charge < -0.3 is 25.0 Å². The number of methoxy groups -OCH3 is 1. The Morgan fingerprint density at radius 3 is 2.04 bits per heavy atom. The summed E-state index contributed by atoms with van der Waals surface area (Å²) in [5, 5.41) is 18.2. The van der Waals surface area contributed by atoms with E-state index in [0.717, 1.165) is 50.5 Å². The van der Waals surface area contributed by atoms with Crippen molar-refractivity contribution >= 4 is 11.9 Å². The molecule has 28 heavy (non-hydrogen) atoms. The number of hydrogen-bond acceptors (Lipinski definition) is 5. The van der Waals surface area contributed by atoms with Crippen LogP contribution in [0, 0.1) is 0 Å².